The molecule has 2 saturated heterocycles. The van der Waals surface area contributed by atoms with Gasteiger partial charge in [-0.3, -0.25) is 0 Å². The Balaban J connectivity index is 1.85. The van der Waals surface area contributed by atoms with Crippen molar-refractivity contribution in [2.75, 3.05) is 25.3 Å². The lowest BCUT2D eigenvalue weighted by Crippen LogP contribution is -2.59. The molecule has 1 amide bonds. The number of nitrogens with two attached hydrogens (primary N) is 1. The summed E-state index contributed by atoms with van der Waals surface area (Å²) in [4.78, 5) is 16.8. The van der Waals surface area contributed by atoms with E-state index in [0.29, 0.717) is 12.3 Å². The molecule has 3 heterocycles. The molecule has 3 N–H and O–H groups in total. The number of fused-ring (bicyclic) bond motifs is 6. The summed E-state index contributed by atoms with van der Waals surface area (Å²) in [6.07, 6.45) is -1.48. The molecule has 0 aromatic heterocycles. The van der Waals surface area contributed by atoms with Gasteiger partial charge in [-0.2, -0.15) is 0 Å². The quantitative estimate of drug-likeness (QED) is 0.776. The van der Waals surface area contributed by atoms with Gasteiger partial charge in [0, 0.05) is 5.56 Å². The minimum absolute atomic E-state index is 0.107. The normalized spacial score (nSPS) is 33.5. The van der Waals surface area contributed by atoms with Crippen molar-refractivity contribution in [3.05, 3.63) is 23.3 Å². The number of hydrogen-bond acceptors (Lipinski definition) is 7. The van der Waals surface area contributed by atoms with Crippen LogP contribution in [0.15, 0.2) is 12.1 Å². The molecule has 8 heteroatoms. The Morgan fingerprint density at radius 1 is 1.57 bits per heavy atom. The maximum absolute atomic E-state index is 11.0. The Labute approximate surface area is 132 Å². The molecule has 2 fully saturated rings. The maximum atomic E-state index is 11.0. The molecular formula is C15H18N2O6. The van der Waals surface area contributed by atoms with E-state index in [1.807, 2.05) is 19.1 Å². The van der Waals surface area contributed by atoms with E-state index in [-0.39, 0.29) is 12.7 Å². The molecule has 3 aliphatic rings. The van der Waals surface area contributed by atoms with Crippen molar-refractivity contribution >= 4 is 11.8 Å². The molecule has 0 radical (unpaired) electrons. The lowest BCUT2D eigenvalue weighted by molar-refractivity contribution is -0.254. The summed E-state index contributed by atoms with van der Waals surface area (Å²) >= 11 is 0. The van der Waals surface area contributed by atoms with Crippen molar-refractivity contribution < 1.29 is 28.9 Å². The molecule has 1 aromatic carbocycles. The monoisotopic (exact) mass is 322 g/mol. The van der Waals surface area contributed by atoms with Gasteiger partial charge < -0.3 is 25.1 Å². The highest BCUT2D eigenvalue weighted by Gasteiger charge is 2.67. The number of aryl methyl sites for hydroxylation is 1. The first-order chi connectivity index (χ1) is 10.9. The summed E-state index contributed by atoms with van der Waals surface area (Å²) in [5, 5.41) is 12.7. The van der Waals surface area contributed by atoms with Gasteiger partial charge in [0.25, 0.3) is 0 Å². The first kappa shape index (κ1) is 14.6. The van der Waals surface area contributed by atoms with Crippen LogP contribution in [0.2, 0.25) is 0 Å². The number of aliphatic hydroxyl groups is 1. The number of carbonyl (C=O) groups is 1. The number of epoxide rings is 1. The number of carbonyl (C=O) groups excluding carboxylic acids is 1. The van der Waals surface area contributed by atoms with Crippen LogP contribution < -0.4 is 15.5 Å². The second-order valence-electron chi connectivity index (χ2n) is 6.08. The third-order valence-corrected chi connectivity index (χ3v) is 4.59. The minimum Gasteiger partial charge on any atom is -0.496 e. The lowest BCUT2D eigenvalue weighted by atomic mass is 9.83. The summed E-state index contributed by atoms with van der Waals surface area (Å²) in [5.41, 5.74) is 7.57. The highest BCUT2D eigenvalue weighted by Crippen LogP contribution is 2.55. The van der Waals surface area contributed by atoms with Gasteiger partial charge in [0.2, 0.25) is 5.79 Å². The third-order valence-electron chi connectivity index (χ3n) is 4.59. The zero-order valence-electron chi connectivity index (χ0n) is 12.8. The zero-order valence-corrected chi connectivity index (χ0v) is 12.8. The van der Waals surface area contributed by atoms with Crippen LogP contribution in [0.4, 0.5) is 10.5 Å². The van der Waals surface area contributed by atoms with Gasteiger partial charge >= 0.3 is 6.09 Å². The van der Waals surface area contributed by atoms with E-state index >= 15 is 0 Å². The fourth-order valence-corrected chi connectivity index (χ4v) is 3.53. The van der Waals surface area contributed by atoms with Gasteiger partial charge in [-0.15, -0.1) is 0 Å². The molecule has 4 atom stereocenters. The van der Waals surface area contributed by atoms with Gasteiger partial charge in [-0.05, 0) is 24.6 Å². The van der Waals surface area contributed by atoms with Crippen LogP contribution in [0.3, 0.4) is 0 Å². The van der Waals surface area contributed by atoms with Gasteiger partial charge in [-0.1, -0.05) is 0 Å². The van der Waals surface area contributed by atoms with Crippen molar-refractivity contribution in [2.24, 2.45) is 5.73 Å². The van der Waals surface area contributed by atoms with Gasteiger partial charge in [0.05, 0.1) is 25.3 Å². The highest BCUT2D eigenvalue weighted by molar-refractivity contribution is 5.66. The topological polar surface area (TPSA) is 107 Å². The van der Waals surface area contributed by atoms with E-state index in [1.54, 1.807) is 12.2 Å². The number of ether oxygens (including phenoxy) is 3. The molecule has 23 heavy (non-hydrogen) atoms. The third kappa shape index (κ3) is 2.06. The predicted molar refractivity (Wildman–Crippen MR) is 78.0 cm³/mol. The first-order valence-corrected chi connectivity index (χ1v) is 7.39. The van der Waals surface area contributed by atoms with E-state index < -0.39 is 23.9 Å². The standard InChI is InChI=1S/C15H18N2O6/c1-7-3-9-12(10(4-7)20-2)8(6-21-14(16)18)15(19)13-11(22-13)5-17(9)23-15/h3-4,8,11,13,19H,5-6H2,1-2H3,(H2,16,18). The molecule has 2 bridgehead atoms. The van der Waals surface area contributed by atoms with Crippen LogP contribution in [0.5, 0.6) is 5.75 Å². The van der Waals surface area contributed by atoms with Crippen LogP contribution in [0.1, 0.15) is 17.0 Å². The summed E-state index contributed by atoms with van der Waals surface area (Å²) in [6.45, 7) is 2.34. The first-order valence-electron chi connectivity index (χ1n) is 7.39. The Morgan fingerprint density at radius 2 is 2.35 bits per heavy atom. The van der Waals surface area contributed by atoms with E-state index in [1.165, 1.54) is 0 Å². The molecule has 3 aliphatic heterocycles. The fourth-order valence-electron chi connectivity index (χ4n) is 3.53. The lowest BCUT2D eigenvalue weighted by Gasteiger charge is -2.47. The average molecular weight is 322 g/mol. The average Bonchev–Trinajstić information content (AvgIpc) is 3.27. The summed E-state index contributed by atoms with van der Waals surface area (Å²) in [6, 6.07) is 3.81. The molecule has 1 aromatic rings. The fraction of sp³-hybridized carbons (Fsp3) is 0.533. The number of anilines is 1. The zero-order chi connectivity index (χ0) is 16.4. The number of methoxy groups -OCH3 is 1. The van der Waals surface area contributed by atoms with Crippen LogP contribution in [-0.4, -0.2) is 49.5 Å². The minimum atomic E-state index is -1.62. The number of rotatable bonds is 3. The van der Waals surface area contributed by atoms with Crippen molar-refractivity contribution in [1.29, 1.82) is 0 Å². The Bertz CT molecular complexity index is 680. The van der Waals surface area contributed by atoms with Crippen molar-refractivity contribution in [1.82, 2.24) is 0 Å². The number of nitrogens with zero attached hydrogens (tertiary/aromatic N) is 1. The number of benzene rings is 1. The number of hydrogen-bond donors (Lipinski definition) is 2. The van der Waals surface area contributed by atoms with Crippen LogP contribution in [0, 0.1) is 6.92 Å². The Kier molecular flexibility index (Phi) is 2.99. The van der Waals surface area contributed by atoms with Gasteiger partial charge in [0.1, 0.15) is 24.6 Å². The summed E-state index contributed by atoms with van der Waals surface area (Å²) < 4.78 is 16.0. The second kappa shape index (κ2) is 4.73. The highest BCUT2D eigenvalue weighted by atomic mass is 16.8. The SMILES string of the molecule is COc1cc(C)cc2c1C(COC(N)=O)C1(O)ON2CC2OC21. The smallest absolute Gasteiger partial charge is 0.404 e. The van der Waals surface area contributed by atoms with E-state index in [4.69, 9.17) is 24.8 Å². The number of primary amides is 1. The van der Waals surface area contributed by atoms with Crippen LogP contribution in [-0.2, 0) is 14.3 Å². The van der Waals surface area contributed by atoms with Gasteiger partial charge in [0.15, 0.2) is 0 Å². The van der Waals surface area contributed by atoms with Crippen LogP contribution >= 0.6 is 0 Å². The van der Waals surface area contributed by atoms with Gasteiger partial charge in [-0.25, -0.2) is 14.7 Å². The molecular weight excluding hydrogens is 304 g/mol. The largest absolute Gasteiger partial charge is 0.496 e. The van der Waals surface area contributed by atoms with E-state index in [2.05, 4.69) is 0 Å². The molecule has 4 unspecified atom stereocenters. The Morgan fingerprint density at radius 3 is 3.04 bits per heavy atom. The molecule has 0 saturated carbocycles. The van der Waals surface area contributed by atoms with Crippen molar-refractivity contribution in [2.45, 2.75) is 30.8 Å². The molecule has 4 rings (SSSR count). The molecule has 0 aliphatic carbocycles. The summed E-state index contributed by atoms with van der Waals surface area (Å²) in [7, 11) is 1.56. The van der Waals surface area contributed by atoms with Crippen molar-refractivity contribution in [3.8, 4) is 5.75 Å². The van der Waals surface area contributed by atoms with E-state index in [0.717, 1.165) is 16.8 Å². The molecule has 0 spiro atoms. The maximum Gasteiger partial charge on any atom is 0.404 e. The summed E-state index contributed by atoms with van der Waals surface area (Å²) in [5.74, 6) is -1.68. The van der Waals surface area contributed by atoms with Crippen LogP contribution in [0.25, 0.3) is 0 Å². The molecule has 124 valence electrons. The predicted octanol–water partition coefficient (Wildman–Crippen LogP) is 0.404. The van der Waals surface area contributed by atoms with Crippen molar-refractivity contribution in [3.63, 3.8) is 0 Å². The second-order valence-corrected chi connectivity index (χ2v) is 6.08. The van der Waals surface area contributed by atoms with E-state index in [9.17, 15) is 9.90 Å². The number of amides is 1. The molecule has 8 nitrogen and oxygen atoms in total. The Hall–Kier alpha value is -2.03. The number of hydroxylamine groups is 1.